The number of benzene rings is 2. The van der Waals surface area contributed by atoms with Crippen LogP contribution < -0.4 is 18.9 Å². The van der Waals surface area contributed by atoms with E-state index in [1.807, 2.05) is 12.1 Å². The molecule has 2 aromatic carbocycles. The van der Waals surface area contributed by atoms with E-state index in [0.29, 0.717) is 42.6 Å². The largest absolute Gasteiger partial charge is 0.504 e. The van der Waals surface area contributed by atoms with Crippen molar-refractivity contribution in [2.45, 2.75) is 58.2 Å². The summed E-state index contributed by atoms with van der Waals surface area (Å²) in [5, 5.41) is 20.7. The standard InChI is InChI=1S/C24H32O6/c1-4-6-10-28-17-13-21(29-11-7-5-2)18-15-20(26)24(30-22(18)14-17)16-8-9-19(25)23(12-16)27-3/h8-9,12-14,20,24-26H,4-7,10-11,15H2,1-3H3/t20-,24-/m1/s1. The maximum Gasteiger partial charge on any atom is 0.160 e. The topological polar surface area (TPSA) is 77.4 Å². The number of phenols is 1. The number of methoxy groups -OCH3 is 1. The SMILES string of the molecule is CCCCOc1cc(OCCCC)c2c(c1)O[C@H](c1ccc(O)c(OC)c1)[C@H](O)C2. The highest BCUT2D eigenvalue weighted by atomic mass is 16.5. The van der Waals surface area contributed by atoms with E-state index in [0.717, 1.165) is 36.8 Å². The van der Waals surface area contributed by atoms with Gasteiger partial charge in [0.15, 0.2) is 11.5 Å². The first-order valence-corrected chi connectivity index (χ1v) is 10.7. The molecule has 0 aliphatic carbocycles. The van der Waals surface area contributed by atoms with Gasteiger partial charge in [-0.1, -0.05) is 32.8 Å². The zero-order chi connectivity index (χ0) is 21.5. The smallest absolute Gasteiger partial charge is 0.160 e. The summed E-state index contributed by atoms with van der Waals surface area (Å²) in [6.45, 7) is 5.48. The molecule has 0 fully saturated rings. The van der Waals surface area contributed by atoms with Gasteiger partial charge in [0.2, 0.25) is 0 Å². The molecule has 2 N–H and O–H groups in total. The number of rotatable bonds is 10. The van der Waals surface area contributed by atoms with E-state index in [1.54, 1.807) is 18.2 Å². The number of ether oxygens (including phenoxy) is 4. The number of aliphatic hydroxyl groups is 1. The van der Waals surface area contributed by atoms with Gasteiger partial charge in [-0.3, -0.25) is 0 Å². The van der Waals surface area contributed by atoms with Crippen LogP contribution in [0.15, 0.2) is 30.3 Å². The van der Waals surface area contributed by atoms with Crippen molar-refractivity contribution in [1.29, 1.82) is 0 Å². The molecule has 0 amide bonds. The van der Waals surface area contributed by atoms with Gasteiger partial charge in [-0.2, -0.15) is 0 Å². The zero-order valence-electron chi connectivity index (χ0n) is 18.0. The second-order valence-corrected chi connectivity index (χ2v) is 7.54. The quantitative estimate of drug-likeness (QED) is 0.542. The number of aliphatic hydroxyl groups excluding tert-OH is 1. The highest BCUT2D eigenvalue weighted by Crippen LogP contribution is 2.43. The molecule has 3 rings (SSSR count). The van der Waals surface area contributed by atoms with Crippen molar-refractivity contribution in [1.82, 2.24) is 0 Å². The van der Waals surface area contributed by atoms with Crippen LogP contribution in [0.5, 0.6) is 28.7 Å². The Hall–Kier alpha value is -2.60. The first kappa shape index (κ1) is 22.1. The lowest BCUT2D eigenvalue weighted by Gasteiger charge is -2.32. The highest BCUT2D eigenvalue weighted by molar-refractivity contribution is 5.53. The van der Waals surface area contributed by atoms with Gasteiger partial charge in [0.05, 0.1) is 26.4 Å². The third kappa shape index (κ3) is 5.11. The fourth-order valence-electron chi connectivity index (χ4n) is 3.47. The summed E-state index contributed by atoms with van der Waals surface area (Å²) in [4.78, 5) is 0. The van der Waals surface area contributed by atoms with Gasteiger partial charge in [0.25, 0.3) is 0 Å². The highest BCUT2D eigenvalue weighted by Gasteiger charge is 2.33. The molecule has 2 aromatic rings. The molecule has 164 valence electrons. The molecule has 6 heteroatoms. The summed E-state index contributed by atoms with van der Waals surface area (Å²) in [5.74, 6) is 2.44. The second-order valence-electron chi connectivity index (χ2n) is 7.54. The van der Waals surface area contributed by atoms with Crippen molar-refractivity contribution in [2.75, 3.05) is 20.3 Å². The summed E-state index contributed by atoms with van der Waals surface area (Å²) >= 11 is 0. The lowest BCUT2D eigenvalue weighted by atomic mass is 9.94. The average molecular weight is 417 g/mol. The van der Waals surface area contributed by atoms with Gasteiger partial charge in [-0.15, -0.1) is 0 Å². The van der Waals surface area contributed by atoms with Gasteiger partial charge in [0, 0.05) is 24.1 Å². The fourth-order valence-corrected chi connectivity index (χ4v) is 3.47. The van der Waals surface area contributed by atoms with Gasteiger partial charge in [-0.25, -0.2) is 0 Å². The van der Waals surface area contributed by atoms with Crippen LogP contribution in [-0.2, 0) is 6.42 Å². The van der Waals surface area contributed by atoms with Crippen LogP contribution >= 0.6 is 0 Å². The molecule has 0 saturated carbocycles. The van der Waals surface area contributed by atoms with E-state index in [1.165, 1.54) is 7.11 Å². The van der Waals surface area contributed by atoms with Crippen LogP contribution in [-0.4, -0.2) is 36.6 Å². The minimum absolute atomic E-state index is 0.0465. The predicted octanol–water partition coefficient (Wildman–Crippen LogP) is 4.80. The van der Waals surface area contributed by atoms with E-state index >= 15 is 0 Å². The normalized spacial score (nSPS) is 17.7. The molecular formula is C24H32O6. The Morgan fingerprint density at radius 1 is 1.00 bits per heavy atom. The lowest BCUT2D eigenvalue weighted by Crippen LogP contribution is -2.30. The average Bonchev–Trinajstić information content (AvgIpc) is 2.74. The molecule has 0 spiro atoms. The first-order valence-electron chi connectivity index (χ1n) is 10.7. The van der Waals surface area contributed by atoms with Crippen LogP contribution in [0.1, 0.15) is 56.8 Å². The maximum atomic E-state index is 10.8. The number of hydrogen-bond acceptors (Lipinski definition) is 6. The fraction of sp³-hybridized carbons (Fsp3) is 0.500. The molecule has 1 heterocycles. The van der Waals surface area contributed by atoms with Crippen LogP contribution in [0.2, 0.25) is 0 Å². The maximum absolute atomic E-state index is 10.8. The van der Waals surface area contributed by atoms with Crippen LogP contribution in [0, 0.1) is 0 Å². The Morgan fingerprint density at radius 2 is 1.73 bits per heavy atom. The molecule has 1 aliphatic rings. The summed E-state index contributed by atoms with van der Waals surface area (Å²) in [7, 11) is 1.49. The van der Waals surface area contributed by atoms with Crippen LogP contribution in [0.4, 0.5) is 0 Å². The number of phenolic OH excluding ortho intramolecular Hbond substituents is 1. The van der Waals surface area contributed by atoms with Crippen LogP contribution in [0.3, 0.4) is 0 Å². The molecule has 2 atom stereocenters. The molecule has 30 heavy (non-hydrogen) atoms. The number of hydrogen-bond donors (Lipinski definition) is 2. The van der Waals surface area contributed by atoms with Gasteiger partial charge < -0.3 is 29.2 Å². The van der Waals surface area contributed by atoms with Crippen molar-refractivity contribution < 1.29 is 29.2 Å². The second kappa shape index (κ2) is 10.4. The number of unbranched alkanes of at least 4 members (excludes halogenated alkanes) is 2. The predicted molar refractivity (Wildman–Crippen MR) is 115 cm³/mol. The van der Waals surface area contributed by atoms with Crippen LogP contribution in [0.25, 0.3) is 0 Å². The number of fused-ring (bicyclic) bond motifs is 1. The number of aromatic hydroxyl groups is 1. The summed E-state index contributed by atoms with van der Waals surface area (Å²) in [6.07, 6.45) is 3.08. The zero-order valence-corrected chi connectivity index (χ0v) is 18.0. The van der Waals surface area contributed by atoms with E-state index in [4.69, 9.17) is 18.9 Å². The van der Waals surface area contributed by atoms with E-state index in [9.17, 15) is 10.2 Å². The van der Waals surface area contributed by atoms with Gasteiger partial charge in [0.1, 0.15) is 23.4 Å². The molecule has 6 nitrogen and oxygen atoms in total. The Bertz CT molecular complexity index is 835. The molecule has 0 aromatic heterocycles. The van der Waals surface area contributed by atoms with E-state index < -0.39 is 12.2 Å². The summed E-state index contributed by atoms with van der Waals surface area (Å²) in [6, 6.07) is 8.73. The van der Waals surface area contributed by atoms with Crippen molar-refractivity contribution in [3.63, 3.8) is 0 Å². The molecule has 0 radical (unpaired) electrons. The lowest BCUT2D eigenvalue weighted by molar-refractivity contribution is 0.0194. The molecule has 0 unspecified atom stereocenters. The third-order valence-electron chi connectivity index (χ3n) is 5.21. The molecule has 0 bridgehead atoms. The van der Waals surface area contributed by atoms with Gasteiger partial charge in [-0.05, 0) is 30.5 Å². The minimum atomic E-state index is -0.757. The Labute approximate surface area is 178 Å². The van der Waals surface area contributed by atoms with E-state index in [2.05, 4.69) is 13.8 Å². The van der Waals surface area contributed by atoms with Crippen molar-refractivity contribution in [2.24, 2.45) is 0 Å². The summed E-state index contributed by atoms with van der Waals surface area (Å²) in [5.41, 5.74) is 1.58. The Kier molecular flexibility index (Phi) is 7.69. The minimum Gasteiger partial charge on any atom is -0.504 e. The molecular weight excluding hydrogens is 384 g/mol. The monoisotopic (exact) mass is 416 g/mol. The van der Waals surface area contributed by atoms with Crippen molar-refractivity contribution in [3.8, 4) is 28.7 Å². The van der Waals surface area contributed by atoms with Crippen molar-refractivity contribution in [3.05, 3.63) is 41.5 Å². The molecule has 0 saturated heterocycles. The summed E-state index contributed by atoms with van der Waals surface area (Å²) < 4.78 is 23.3. The third-order valence-corrected chi connectivity index (χ3v) is 5.21. The van der Waals surface area contributed by atoms with Gasteiger partial charge >= 0.3 is 0 Å². The van der Waals surface area contributed by atoms with E-state index in [-0.39, 0.29) is 5.75 Å². The Balaban J connectivity index is 1.90. The van der Waals surface area contributed by atoms with Crippen molar-refractivity contribution >= 4 is 0 Å². The Morgan fingerprint density at radius 3 is 2.43 bits per heavy atom. The first-order chi connectivity index (χ1) is 14.6. The molecule has 1 aliphatic heterocycles.